The number of nitrogens with one attached hydrogen (secondary N) is 1. The highest BCUT2D eigenvalue weighted by atomic mass is 35.5. The Morgan fingerprint density at radius 3 is 2.41 bits per heavy atom. The molecule has 0 aromatic heterocycles. The van der Waals surface area contributed by atoms with Crippen LogP contribution in [0.25, 0.3) is 0 Å². The number of carbonyl (C=O) groups excluding carboxylic acids is 2. The van der Waals surface area contributed by atoms with Gasteiger partial charge in [0.05, 0.1) is 23.1 Å². The summed E-state index contributed by atoms with van der Waals surface area (Å²) in [6, 6.07) is 25.2. The lowest BCUT2D eigenvalue weighted by Gasteiger charge is -2.18. The minimum absolute atomic E-state index is 0.153. The molecule has 3 aromatic carbocycles. The van der Waals surface area contributed by atoms with E-state index >= 15 is 0 Å². The fourth-order valence-electron chi connectivity index (χ4n) is 3.52. The van der Waals surface area contributed by atoms with Gasteiger partial charge in [-0.15, -0.1) is 0 Å². The molecule has 1 saturated heterocycles. The fraction of sp³-hybridized carbons (Fsp3) is 0.115. The molecular weight excluding hydrogens is 470 g/mol. The third kappa shape index (κ3) is 4.93. The Morgan fingerprint density at radius 1 is 1.09 bits per heavy atom. The maximum absolute atomic E-state index is 13.5. The number of methoxy groups -OCH3 is 1. The van der Waals surface area contributed by atoms with Crippen LogP contribution in [0.4, 0.5) is 11.4 Å². The highest BCUT2D eigenvalue weighted by Crippen LogP contribution is 2.42. The summed E-state index contributed by atoms with van der Waals surface area (Å²) in [5.74, 6) is -0.0964. The van der Waals surface area contributed by atoms with Crippen molar-refractivity contribution in [2.75, 3.05) is 17.3 Å². The average Bonchev–Trinajstić information content (AvgIpc) is 3.17. The second kappa shape index (κ2) is 10.5. The van der Waals surface area contributed by atoms with Crippen LogP contribution in [-0.2, 0) is 16.0 Å². The number of nitrogens with zero attached hydrogens (tertiary/aromatic N) is 2. The topological polar surface area (TPSA) is 82.4 Å². The Kier molecular flexibility index (Phi) is 7.21. The SMILES string of the molecule is COc1ccc(CC2S/C(=C(/C#N)C(=O)Nc3ccccc3Cl)N(c3ccccc3)C2=O)cc1. The second-order valence-electron chi connectivity index (χ2n) is 7.39. The van der Waals surface area contributed by atoms with Gasteiger partial charge < -0.3 is 10.1 Å². The highest BCUT2D eigenvalue weighted by molar-refractivity contribution is 8.05. The number of nitriles is 1. The van der Waals surface area contributed by atoms with Crippen LogP contribution in [0.15, 0.2) is 89.5 Å². The molecule has 3 aromatic rings. The maximum Gasteiger partial charge on any atom is 0.269 e. The predicted molar refractivity (Wildman–Crippen MR) is 135 cm³/mol. The molecule has 1 heterocycles. The molecule has 1 aliphatic heterocycles. The van der Waals surface area contributed by atoms with Crippen molar-refractivity contribution < 1.29 is 14.3 Å². The van der Waals surface area contributed by atoms with E-state index in [1.165, 1.54) is 16.7 Å². The number of ether oxygens (including phenoxy) is 1. The standard InChI is InChI=1S/C26H20ClN3O3S/c1-33-19-13-11-17(12-14-19)15-23-25(32)30(18-7-3-2-4-8-18)26(34-23)20(16-28)24(31)29-22-10-6-5-9-21(22)27/h2-14,23H,15H2,1H3,(H,29,31)/b26-20-. The van der Waals surface area contributed by atoms with Crippen molar-refractivity contribution in [3.63, 3.8) is 0 Å². The van der Waals surface area contributed by atoms with Gasteiger partial charge in [0.1, 0.15) is 22.4 Å². The Balaban J connectivity index is 1.70. The average molecular weight is 490 g/mol. The van der Waals surface area contributed by atoms with Gasteiger partial charge in [-0.25, -0.2) is 0 Å². The number of thioether (sulfide) groups is 1. The van der Waals surface area contributed by atoms with E-state index in [0.717, 1.165) is 11.3 Å². The first kappa shape index (κ1) is 23.4. The van der Waals surface area contributed by atoms with E-state index in [1.54, 1.807) is 55.6 Å². The van der Waals surface area contributed by atoms with Gasteiger partial charge in [0.15, 0.2) is 0 Å². The van der Waals surface area contributed by atoms with Crippen LogP contribution in [0.1, 0.15) is 5.56 Å². The van der Waals surface area contributed by atoms with Crippen molar-refractivity contribution in [1.82, 2.24) is 0 Å². The molecule has 0 spiro atoms. The third-order valence-electron chi connectivity index (χ3n) is 5.22. The van der Waals surface area contributed by atoms with E-state index in [4.69, 9.17) is 16.3 Å². The molecule has 170 valence electrons. The number of hydrogen-bond acceptors (Lipinski definition) is 5. The van der Waals surface area contributed by atoms with Crippen LogP contribution in [0, 0.1) is 11.3 Å². The smallest absolute Gasteiger partial charge is 0.269 e. The van der Waals surface area contributed by atoms with Gasteiger partial charge >= 0.3 is 0 Å². The zero-order valence-electron chi connectivity index (χ0n) is 18.2. The zero-order valence-corrected chi connectivity index (χ0v) is 19.8. The molecule has 1 fully saturated rings. The molecule has 0 aliphatic carbocycles. The molecule has 0 radical (unpaired) electrons. The third-order valence-corrected chi connectivity index (χ3v) is 6.81. The van der Waals surface area contributed by atoms with Crippen LogP contribution in [-0.4, -0.2) is 24.2 Å². The van der Waals surface area contributed by atoms with Crippen molar-refractivity contribution in [1.29, 1.82) is 5.26 Å². The monoisotopic (exact) mass is 489 g/mol. The molecule has 34 heavy (non-hydrogen) atoms. The van der Waals surface area contributed by atoms with E-state index in [9.17, 15) is 14.9 Å². The van der Waals surface area contributed by atoms with Crippen molar-refractivity contribution in [3.8, 4) is 11.8 Å². The van der Waals surface area contributed by atoms with E-state index in [1.807, 2.05) is 36.4 Å². The normalized spacial score (nSPS) is 16.7. The Labute approximate surface area is 206 Å². The molecule has 0 saturated carbocycles. The Hall–Kier alpha value is -3.73. The minimum atomic E-state index is -0.628. The van der Waals surface area contributed by atoms with Crippen molar-refractivity contribution in [2.45, 2.75) is 11.7 Å². The number of halogens is 1. The largest absolute Gasteiger partial charge is 0.497 e. The van der Waals surface area contributed by atoms with Crippen molar-refractivity contribution >= 4 is 46.6 Å². The first-order valence-corrected chi connectivity index (χ1v) is 11.7. The fourth-order valence-corrected chi connectivity index (χ4v) is 5.01. The molecular formula is C26H20ClN3O3S. The first-order chi connectivity index (χ1) is 16.5. The van der Waals surface area contributed by atoms with Gasteiger partial charge in [-0.05, 0) is 48.4 Å². The number of para-hydroxylation sites is 2. The summed E-state index contributed by atoms with van der Waals surface area (Å²) in [6.07, 6.45) is 0.436. The lowest BCUT2D eigenvalue weighted by Crippen LogP contribution is -2.30. The summed E-state index contributed by atoms with van der Waals surface area (Å²) in [5.41, 5.74) is 1.77. The number of hydrogen-bond donors (Lipinski definition) is 1. The van der Waals surface area contributed by atoms with E-state index < -0.39 is 11.2 Å². The molecule has 1 unspecified atom stereocenters. The minimum Gasteiger partial charge on any atom is -0.497 e. The summed E-state index contributed by atoms with van der Waals surface area (Å²) in [4.78, 5) is 28.0. The molecule has 1 atom stereocenters. The maximum atomic E-state index is 13.5. The molecule has 0 bridgehead atoms. The van der Waals surface area contributed by atoms with Gasteiger partial charge in [-0.2, -0.15) is 5.26 Å². The van der Waals surface area contributed by atoms with Crippen LogP contribution in [0.2, 0.25) is 5.02 Å². The lowest BCUT2D eigenvalue weighted by atomic mass is 10.1. The van der Waals surface area contributed by atoms with Gasteiger partial charge in [-0.3, -0.25) is 14.5 Å². The summed E-state index contributed by atoms with van der Waals surface area (Å²) >= 11 is 7.38. The van der Waals surface area contributed by atoms with Crippen LogP contribution < -0.4 is 15.0 Å². The van der Waals surface area contributed by atoms with E-state index in [-0.39, 0.29) is 11.5 Å². The molecule has 8 heteroatoms. The van der Waals surface area contributed by atoms with E-state index in [0.29, 0.717) is 27.8 Å². The summed E-state index contributed by atoms with van der Waals surface area (Å²) < 4.78 is 5.20. The summed E-state index contributed by atoms with van der Waals surface area (Å²) in [6.45, 7) is 0. The Bertz CT molecular complexity index is 1290. The van der Waals surface area contributed by atoms with Gasteiger partial charge in [0, 0.05) is 5.69 Å². The number of anilines is 2. The van der Waals surface area contributed by atoms with Gasteiger partial charge in [-0.1, -0.05) is 65.8 Å². The van der Waals surface area contributed by atoms with Crippen molar-refractivity contribution in [2.24, 2.45) is 0 Å². The number of benzene rings is 3. The quantitative estimate of drug-likeness (QED) is 0.369. The number of carbonyl (C=O) groups is 2. The molecule has 2 amide bonds. The summed E-state index contributed by atoms with van der Waals surface area (Å²) in [7, 11) is 1.59. The lowest BCUT2D eigenvalue weighted by molar-refractivity contribution is -0.117. The molecule has 1 aliphatic rings. The Morgan fingerprint density at radius 2 is 1.76 bits per heavy atom. The number of rotatable bonds is 6. The van der Waals surface area contributed by atoms with Gasteiger partial charge in [0.2, 0.25) is 5.91 Å². The van der Waals surface area contributed by atoms with E-state index in [2.05, 4.69) is 5.32 Å². The van der Waals surface area contributed by atoms with Crippen LogP contribution >= 0.6 is 23.4 Å². The zero-order chi connectivity index (χ0) is 24.1. The summed E-state index contributed by atoms with van der Waals surface area (Å²) in [5, 5.41) is 12.8. The molecule has 4 rings (SSSR count). The number of amides is 2. The van der Waals surface area contributed by atoms with Crippen LogP contribution in [0.5, 0.6) is 5.75 Å². The molecule has 6 nitrogen and oxygen atoms in total. The van der Waals surface area contributed by atoms with Crippen molar-refractivity contribution in [3.05, 3.63) is 100 Å². The first-order valence-electron chi connectivity index (χ1n) is 10.4. The second-order valence-corrected chi connectivity index (χ2v) is 8.99. The molecule has 1 N–H and O–H groups in total. The highest BCUT2D eigenvalue weighted by Gasteiger charge is 2.40. The predicted octanol–water partition coefficient (Wildman–Crippen LogP) is 5.41. The van der Waals surface area contributed by atoms with Gasteiger partial charge in [0.25, 0.3) is 5.91 Å². The van der Waals surface area contributed by atoms with Crippen LogP contribution in [0.3, 0.4) is 0 Å².